The van der Waals surface area contributed by atoms with Gasteiger partial charge in [0.05, 0.1) is 7.11 Å². The topological polar surface area (TPSA) is 50.7 Å². The highest BCUT2D eigenvalue weighted by Crippen LogP contribution is 2.33. The molecular formula is C17H20N2O2. The van der Waals surface area contributed by atoms with Crippen molar-refractivity contribution in [2.45, 2.75) is 32.6 Å². The van der Waals surface area contributed by atoms with Crippen molar-refractivity contribution in [2.24, 2.45) is 10.9 Å². The first-order valence-electron chi connectivity index (χ1n) is 7.38. The molecule has 1 N–H and O–H groups in total. The fraction of sp³-hybridized carbons (Fsp3) is 0.412. The van der Waals surface area contributed by atoms with Gasteiger partial charge in [0.25, 0.3) is 5.91 Å². The number of nitrogens with zero attached hydrogens (tertiary/aromatic N) is 1. The molecule has 110 valence electrons. The number of hydrogen-bond donors (Lipinski definition) is 1. The normalized spacial score (nSPS) is 19.9. The van der Waals surface area contributed by atoms with E-state index < -0.39 is 0 Å². The summed E-state index contributed by atoms with van der Waals surface area (Å²) in [5, 5.41) is 2.86. The molecule has 0 aromatic heterocycles. The van der Waals surface area contributed by atoms with Crippen molar-refractivity contribution >= 4 is 17.8 Å². The van der Waals surface area contributed by atoms with Gasteiger partial charge in [0.1, 0.15) is 17.3 Å². The zero-order valence-electron chi connectivity index (χ0n) is 12.6. The number of methoxy groups -OCH3 is 1. The molecule has 1 saturated carbocycles. The van der Waals surface area contributed by atoms with Crippen molar-refractivity contribution in [2.75, 3.05) is 7.11 Å². The van der Waals surface area contributed by atoms with Gasteiger partial charge in [0.15, 0.2) is 0 Å². The van der Waals surface area contributed by atoms with Crippen LogP contribution in [0.4, 0.5) is 0 Å². The van der Waals surface area contributed by atoms with E-state index in [4.69, 9.17) is 4.74 Å². The minimum absolute atomic E-state index is 0.117. The molecule has 0 atom stereocenters. The first-order valence-corrected chi connectivity index (χ1v) is 7.38. The number of carbonyl (C=O) groups excluding carboxylic acids is 1. The van der Waals surface area contributed by atoms with Gasteiger partial charge >= 0.3 is 0 Å². The van der Waals surface area contributed by atoms with E-state index >= 15 is 0 Å². The van der Waals surface area contributed by atoms with Crippen LogP contribution in [0.2, 0.25) is 0 Å². The van der Waals surface area contributed by atoms with Gasteiger partial charge in [-0.05, 0) is 42.5 Å². The van der Waals surface area contributed by atoms with Crippen molar-refractivity contribution in [1.29, 1.82) is 0 Å². The fourth-order valence-corrected chi connectivity index (χ4v) is 2.41. The largest absolute Gasteiger partial charge is 0.496 e. The molecule has 0 bridgehead atoms. The molecule has 1 aliphatic carbocycles. The monoisotopic (exact) mass is 284 g/mol. The maximum absolute atomic E-state index is 12.0. The summed E-state index contributed by atoms with van der Waals surface area (Å²) in [6, 6.07) is 6.06. The third-order valence-corrected chi connectivity index (χ3v) is 3.89. The molecule has 1 aromatic carbocycles. The number of benzene rings is 1. The lowest BCUT2D eigenvalue weighted by atomic mass is 10.00. The first kappa shape index (κ1) is 13.9. The van der Waals surface area contributed by atoms with Crippen molar-refractivity contribution in [3.8, 4) is 5.75 Å². The molecule has 1 heterocycles. The van der Waals surface area contributed by atoms with Gasteiger partial charge in [-0.15, -0.1) is 0 Å². The second kappa shape index (κ2) is 5.35. The van der Waals surface area contributed by atoms with Gasteiger partial charge in [0.2, 0.25) is 0 Å². The van der Waals surface area contributed by atoms with Gasteiger partial charge in [-0.1, -0.05) is 19.9 Å². The summed E-state index contributed by atoms with van der Waals surface area (Å²) in [6.07, 6.45) is 4.06. The number of hydrogen-bond acceptors (Lipinski definition) is 3. The predicted octanol–water partition coefficient (Wildman–Crippen LogP) is 3.10. The molecule has 4 nitrogen and oxygen atoms in total. The number of amidine groups is 1. The van der Waals surface area contributed by atoms with E-state index in [1.165, 1.54) is 5.56 Å². The fourth-order valence-electron chi connectivity index (χ4n) is 2.41. The van der Waals surface area contributed by atoms with E-state index in [0.29, 0.717) is 17.5 Å². The minimum atomic E-state index is -0.117. The van der Waals surface area contributed by atoms with Gasteiger partial charge in [0, 0.05) is 11.5 Å². The minimum Gasteiger partial charge on any atom is -0.496 e. The SMILES string of the molecule is COc1ccc(C(C)C)cc1/C=C1\N=C(C2CC2)NC1=O. The van der Waals surface area contributed by atoms with Crippen molar-refractivity contribution in [1.82, 2.24) is 5.32 Å². The Bertz CT molecular complexity index is 640. The molecule has 0 radical (unpaired) electrons. The summed E-state index contributed by atoms with van der Waals surface area (Å²) in [7, 11) is 1.64. The second-order valence-corrected chi connectivity index (χ2v) is 5.91. The van der Waals surface area contributed by atoms with E-state index in [0.717, 1.165) is 30.0 Å². The lowest BCUT2D eigenvalue weighted by Crippen LogP contribution is -2.25. The first-order chi connectivity index (χ1) is 10.1. The Kier molecular flexibility index (Phi) is 3.53. The highest BCUT2D eigenvalue weighted by molar-refractivity contribution is 6.15. The van der Waals surface area contributed by atoms with Gasteiger partial charge in [-0.3, -0.25) is 4.79 Å². The smallest absolute Gasteiger partial charge is 0.275 e. The summed E-state index contributed by atoms with van der Waals surface area (Å²) >= 11 is 0. The molecule has 0 unspecified atom stereocenters. The standard InChI is InChI=1S/C17H20N2O2/c1-10(2)12-6-7-15(21-3)13(8-12)9-14-17(20)19-16(18-14)11-4-5-11/h6-11H,4-5H2,1-3H3,(H,18,19,20)/b14-9-. The lowest BCUT2D eigenvalue weighted by Gasteiger charge is -2.10. The van der Waals surface area contributed by atoms with Crippen LogP contribution in [0.1, 0.15) is 43.7 Å². The summed E-state index contributed by atoms with van der Waals surface area (Å²) in [6.45, 7) is 4.29. The molecule has 1 fully saturated rings. The predicted molar refractivity (Wildman–Crippen MR) is 83.4 cm³/mol. The molecule has 21 heavy (non-hydrogen) atoms. The zero-order valence-corrected chi connectivity index (χ0v) is 12.6. The van der Waals surface area contributed by atoms with Crippen LogP contribution in [-0.4, -0.2) is 18.9 Å². The molecular weight excluding hydrogens is 264 g/mol. The Hall–Kier alpha value is -2.10. The highest BCUT2D eigenvalue weighted by atomic mass is 16.5. The third kappa shape index (κ3) is 2.84. The molecule has 2 aliphatic rings. The van der Waals surface area contributed by atoms with Crippen molar-refractivity contribution < 1.29 is 9.53 Å². The molecule has 1 amide bonds. The average Bonchev–Trinajstić information content (AvgIpc) is 3.24. The Morgan fingerprint density at radius 3 is 2.76 bits per heavy atom. The summed E-state index contributed by atoms with van der Waals surface area (Å²) in [4.78, 5) is 16.4. The highest BCUT2D eigenvalue weighted by Gasteiger charge is 2.33. The third-order valence-electron chi connectivity index (χ3n) is 3.89. The number of rotatable bonds is 4. The lowest BCUT2D eigenvalue weighted by molar-refractivity contribution is -0.115. The van der Waals surface area contributed by atoms with Crippen LogP contribution < -0.4 is 10.1 Å². The molecule has 0 spiro atoms. The van der Waals surface area contributed by atoms with Crippen LogP contribution in [0, 0.1) is 5.92 Å². The van der Waals surface area contributed by atoms with Gasteiger partial charge in [-0.2, -0.15) is 0 Å². The molecule has 3 rings (SSSR count). The second-order valence-electron chi connectivity index (χ2n) is 5.91. The summed E-state index contributed by atoms with van der Waals surface area (Å²) < 4.78 is 5.39. The van der Waals surface area contributed by atoms with Crippen LogP contribution in [-0.2, 0) is 4.79 Å². The number of amides is 1. The number of ether oxygens (including phenoxy) is 1. The van der Waals surface area contributed by atoms with Crippen molar-refractivity contribution in [3.63, 3.8) is 0 Å². The van der Waals surface area contributed by atoms with E-state index in [1.807, 2.05) is 12.1 Å². The van der Waals surface area contributed by atoms with Crippen LogP contribution in [0.25, 0.3) is 6.08 Å². The van der Waals surface area contributed by atoms with Crippen LogP contribution in [0.5, 0.6) is 5.75 Å². The van der Waals surface area contributed by atoms with E-state index in [9.17, 15) is 4.79 Å². The maximum Gasteiger partial charge on any atom is 0.275 e. The molecule has 4 heteroatoms. The van der Waals surface area contributed by atoms with E-state index in [2.05, 4.69) is 36.3 Å². The Morgan fingerprint density at radius 2 is 2.14 bits per heavy atom. The Balaban J connectivity index is 1.97. The number of aliphatic imine (C=N–C) groups is 1. The van der Waals surface area contributed by atoms with Gasteiger partial charge in [-0.25, -0.2) is 4.99 Å². The maximum atomic E-state index is 12.0. The molecule has 1 aliphatic heterocycles. The Labute approximate surface area is 124 Å². The molecule has 1 aromatic rings. The average molecular weight is 284 g/mol. The van der Waals surface area contributed by atoms with E-state index in [1.54, 1.807) is 7.11 Å². The quantitative estimate of drug-likeness (QED) is 0.864. The van der Waals surface area contributed by atoms with Crippen molar-refractivity contribution in [3.05, 3.63) is 35.0 Å². The molecule has 0 saturated heterocycles. The van der Waals surface area contributed by atoms with Crippen LogP contribution >= 0.6 is 0 Å². The van der Waals surface area contributed by atoms with Crippen LogP contribution in [0.15, 0.2) is 28.9 Å². The summed E-state index contributed by atoms with van der Waals surface area (Å²) in [5.74, 6) is 2.34. The summed E-state index contributed by atoms with van der Waals surface area (Å²) in [5.41, 5.74) is 2.58. The number of carbonyl (C=O) groups is 1. The number of nitrogens with one attached hydrogen (secondary N) is 1. The Morgan fingerprint density at radius 1 is 1.38 bits per heavy atom. The zero-order chi connectivity index (χ0) is 15.0. The van der Waals surface area contributed by atoms with E-state index in [-0.39, 0.29) is 5.91 Å². The van der Waals surface area contributed by atoms with Gasteiger partial charge < -0.3 is 10.1 Å². The van der Waals surface area contributed by atoms with Crippen LogP contribution in [0.3, 0.4) is 0 Å².